The van der Waals surface area contributed by atoms with Gasteiger partial charge in [-0.2, -0.15) is 0 Å². The van der Waals surface area contributed by atoms with E-state index >= 15 is 0 Å². The molecule has 4 N–H and O–H groups in total. The molecule has 0 heterocycles. The van der Waals surface area contributed by atoms with Crippen molar-refractivity contribution in [1.82, 2.24) is 10.0 Å². The van der Waals surface area contributed by atoms with Crippen molar-refractivity contribution in [2.45, 2.75) is 45.4 Å². The molecule has 0 aliphatic heterocycles. The van der Waals surface area contributed by atoms with Crippen molar-refractivity contribution in [3.05, 3.63) is 0 Å². The smallest absolute Gasteiger partial charge is 0.237 e. The van der Waals surface area contributed by atoms with Crippen LogP contribution in [0.2, 0.25) is 0 Å². The molecule has 0 aromatic rings. The average Bonchev–Trinajstić information content (AvgIpc) is 2.26. The summed E-state index contributed by atoms with van der Waals surface area (Å²) in [5.41, 5.74) is 5.40. The molecular weight excluding hydrogens is 254 g/mol. The van der Waals surface area contributed by atoms with E-state index in [-0.39, 0.29) is 12.5 Å². The van der Waals surface area contributed by atoms with Crippen molar-refractivity contribution in [3.63, 3.8) is 0 Å². The molecule has 0 saturated carbocycles. The molecule has 0 fully saturated rings. The van der Waals surface area contributed by atoms with Crippen molar-refractivity contribution >= 4 is 15.9 Å². The Labute approximate surface area is 110 Å². The topological polar surface area (TPSA) is 101 Å². The molecule has 0 aliphatic carbocycles. The van der Waals surface area contributed by atoms with Gasteiger partial charge in [-0.3, -0.25) is 4.79 Å². The van der Waals surface area contributed by atoms with E-state index in [0.29, 0.717) is 18.9 Å². The second kappa shape index (κ2) is 7.70. The SMILES string of the molecule is CCC(CN)S(=O)(=O)NC(C)C(=O)NCC(C)C. The summed E-state index contributed by atoms with van der Waals surface area (Å²) in [6, 6.07) is -0.783. The molecule has 0 rings (SSSR count). The second-order valence-corrected chi connectivity index (χ2v) is 6.78. The summed E-state index contributed by atoms with van der Waals surface area (Å²) in [5.74, 6) is 0.00402. The van der Waals surface area contributed by atoms with Crippen LogP contribution in [0.25, 0.3) is 0 Å². The van der Waals surface area contributed by atoms with E-state index in [1.54, 1.807) is 6.92 Å². The zero-order valence-corrected chi connectivity index (χ0v) is 12.4. The fourth-order valence-corrected chi connectivity index (χ4v) is 2.85. The summed E-state index contributed by atoms with van der Waals surface area (Å²) in [6.45, 7) is 7.79. The van der Waals surface area contributed by atoms with E-state index in [9.17, 15) is 13.2 Å². The van der Waals surface area contributed by atoms with Crippen LogP contribution in [0, 0.1) is 5.92 Å². The van der Waals surface area contributed by atoms with Crippen LogP contribution >= 0.6 is 0 Å². The highest BCUT2D eigenvalue weighted by atomic mass is 32.2. The highest BCUT2D eigenvalue weighted by Crippen LogP contribution is 2.03. The Morgan fingerprint density at radius 3 is 2.22 bits per heavy atom. The van der Waals surface area contributed by atoms with Crippen LogP contribution in [0.5, 0.6) is 0 Å². The first kappa shape index (κ1) is 17.3. The van der Waals surface area contributed by atoms with E-state index in [1.165, 1.54) is 6.92 Å². The highest BCUT2D eigenvalue weighted by Gasteiger charge is 2.26. The third-order valence-electron chi connectivity index (χ3n) is 2.58. The summed E-state index contributed by atoms with van der Waals surface area (Å²) in [4.78, 5) is 11.7. The van der Waals surface area contributed by atoms with Gasteiger partial charge in [-0.15, -0.1) is 0 Å². The van der Waals surface area contributed by atoms with Crippen molar-refractivity contribution in [2.24, 2.45) is 11.7 Å². The van der Waals surface area contributed by atoms with E-state index in [0.717, 1.165) is 0 Å². The molecule has 0 aliphatic rings. The first-order valence-electron chi connectivity index (χ1n) is 6.23. The number of hydrogen-bond donors (Lipinski definition) is 3. The Morgan fingerprint density at radius 2 is 1.83 bits per heavy atom. The monoisotopic (exact) mass is 279 g/mol. The van der Waals surface area contributed by atoms with E-state index in [1.807, 2.05) is 13.8 Å². The Balaban J connectivity index is 4.46. The maximum absolute atomic E-state index is 11.9. The Hall–Kier alpha value is -0.660. The van der Waals surface area contributed by atoms with Gasteiger partial charge in [0, 0.05) is 13.1 Å². The van der Waals surface area contributed by atoms with Gasteiger partial charge in [0.15, 0.2) is 0 Å². The van der Waals surface area contributed by atoms with Gasteiger partial charge in [-0.25, -0.2) is 13.1 Å². The number of carbonyl (C=O) groups excluding carboxylic acids is 1. The van der Waals surface area contributed by atoms with E-state index in [4.69, 9.17) is 5.73 Å². The summed E-state index contributed by atoms with van der Waals surface area (Å²) < 4.78 is 26.1. The van der Waals surface area contributed by atoms with Crippen LogP contribution < -0.4 is 15.8 Å². The number of hydrogen-bond acceptors (Lipinski definition) is 4. The number of rotatable bonds is 8. The molecule has 2 unspecified atom stereocenters. The lowest BCUT2D eigenvalue weighted by Gasteiger charge is -2.19. The van der Waals surface area contributed by atoms with Gasteiger partial charge in [-0.05, 0) is 19.3 Å². The van der Waals surface area contributed by atoms with Crippen LogP contribution in [0.3, 0.4) is 0 Å². The predicted molar refractivity (Wildman–Crippen MR) is 72.5 cm³/mol. The summed E-state index contributed by atoms with van der Waals surface area (Å²) in [6.07, 6.45) is 0.423. The minimum absolute atomic E-state index is 0.0478. The van der Waals surface area contributed by atoms with Crippen LogP contribution in [0.15, 0.2) is 0 Å². The van der Waals surface area contributed by atoms with Crippen LogP contribution in [-0.4, -0.2) is 38.7 Å². The van der Waals surface area contributed by atoms with Gasteiger partial charge in [0.05, 0.1) is 11.3 Å². The summed E-state index contributed by atoms with van der Waals surface area (Å²) in [5, 5.41) is 2.03. The van der Waals surface area contributed by atoms with E-state index < -0.39 is 21.3 Å². The quantitative estimate of drug-likeness (QED) is 0.573. The van der Waals surface area contributed by atoms with Crippen LogP contribution in [0.4, 0.5) is 0 Å². The Morgan fingerprint density at radius 1 is 1.28 bits per heavy atom. The predicted octanol–water partition coefficient (Wildman–Crippen LogP) is -0.196. The minimum atomic E-state index is -3.54. The van der Waals surface area contributed by atoms with Gasteiger partial charge < -0.3 is 11.1 Å². The van der Waals surface area contributed by atoms with Crippen molar-refractivity contribution < 1.29 is 13.2 Å². The molecule has 6 nitrogen and oxygen atoms in total. The van der Waals surface area contributed by atoms with Gasteiger partial charge in [0.1, 0.15) is 0 Å². The average molecular weight is 279 g/mol. The van der Waals surface area contributed by atoms with Crippen LogP contribution in [0.1, 0.15) is 34.1 Å². The zero-order valence-electron chi connectivity index (χ0n) is 11.6. The van der Waals surface area contributed by atoms with E-state index in [2.05, 4.69) is 10.0 Å². The van der Waals surface area contributed by atoms with Gasteiger partial charge in [-0.1, -0.05) is 20.8 Å². The molecule has 0 bridgehead atoms. The maximum Gasteiger partial charge on any atom is 0.237 e. The lowest BCUT2D eigenvalue weighted by molar-refractivity contribution is -0.122. The van der Waals surface area contributed by atoms with Gasteiger partial charge in [0.2, 0.25) is 15.9 Å². The Bertz CT molecular complexity index is 351. The standard InChI is InChI=1S/C11H25N3O3S/c1-5-10(6-12)18(16,17)14-9(4)11(15)13-7-8(2)3/h8-10,14H,5-7,12H2,1-4H3,(H,13,15). The molecule has 0 radical (unpaired) electrons. The van der Waals surface area contributed by atoms with Crippen LogP contribution in [-0.2, 0) is 14.8 Å². The molecular formula is C11H25N3O3S. The second-order valence-electron chi connectivity index (χ2n) is 4.79. The summed E-state index contributed by atoms with van der Waals surface area (Å²) in [7, 11) is -3.54. The number of nitrogens with one attached hydrogen (secondary N) is 2. The minimum Gasteiger partial charge on any atom is -0.354 e. The first-order chi connectivity index (χ1) is 8.24. The van der Waals surface area contributed by atoms with Crippen molar-refractivity contribution in [1.29, 1.82) is 0 Å². The lowest BCUT2D eigenvalue weighted by Crippen LogP contribution is -2.49. The molecule has 7 heteroatoms. The number of amides is 1. The fraction of sp³-hybridized carbons (Fsp3) is 0.909. The van der Waals surface area contributed by atoms with Gasteiger partial charge in [0.25, 0.3) is 0 Å². The third-order valence-corrected chi connectivity index (χ3v) is 4.66. The molecule has 108 valence electrons. The summed E-state index contributed by atoms with van der Waals surface area (Å²) >= 11 is 0. The normalized spacial score (nSPS) is 15.4. The van der Waals surface area contributed by atoms with Gasteiger partial charge >= 0.3 is 0 Å². The fourth-order valence-electron chi connectivity index (χ4n) is 1.37. The molecule has 0 spiro atoms. The highest BCUT2D eigenvalue weighted by molar-refractivity contribution is 7.90. The molecule has 18 heavy (non-hydrogen) atoms. The molecule has 1 amide bonds. The first-order valence-corrected chi connectivity index (χ1v) is 7.78. The molecule has 0 saturated heterocycles. The number of carbonyl (C=O) groups is 1. The molecule has 2 atom stereocenters. The van der Waals surface area contributed by atoms with Crippen molar-refractivity contribution in [2.75, 3.05) is 13.1 Å². The molecule has 0 aromatic heterocycles. The maximum atomic E-state index is 11.9. The largest absolute Gasteiger partial charge is 0.354 e. The lowest BCUT2D eigenvalue weighted by atomic mass is 10.2. The zero-order chi connectivity index (χ0) is 14.3. The Kier molecular flexibility index (Phi) is 7.42. The van der Waals surface area contributed by atoms with Crippen molar-refractivity contribution in [3.8, 4) is 0 Å². The molecule has 0 aromatic carbocycles. The number of sulfonamides is 1. The number of nitrogens with two attached hydrogens (primary N) is 1. The third kappa shape index (κ3) is 5.79.